The van der Waals surface area contributed by atoms with Crippen LogP contribution in [0.4, 0.5) is 0 Å². The minimum atomic E-state index is -0.428. The van der Waals surface area contributed by atoms with Crippen molar-refractivity contribution in [3.05, 3.63) is 209 Å². The molecule has 0 amide bonds. The summed E-state index contributed by atoms with van der Waals surface area (Å²) in [5.74, 6) is 0.692. The van der Waals surface area contributed by atoms with Gasteiger partial charge in [-0.25, -0.2) is 9.97 Å². The molecule has 0 bridgehead atoms. The first-order chi connectivity index (χ1) is 33.3. The second kappa shape index (κ2) is 17.5. The second-order valence-electron chi connectivity index (χ2n) is 24.0. The number of pyridine rings is 1. The second-order valence-corrected chi connectivity index (χ2v) is 24.0. The fraction of sp³-hybridized carbons (Fsp3) is 0.269. The number of rotatable bonds is 8. The van der Waals surface area contributed by atoms with E-state index in [4.69, 9.17) is 15.0 Å². The first-order valence-electron chi connectivity index (χ1n) is 25.2. The standard InChI is InChI=1S/C67H64N3.Ir/c1-42-20-32-52-53-33-25-46(38-57(53)67(56(52)36-42)54-18-14-12-16-50(54)51-17-13-15-19-55(51)67)59-34-26-45-37-47(27-35-58(45)68-59)62-69-60(43-21-28-48(29-22-43)65(8,9)40-63(2,3)4)39-61(70-62)44-23-30-49(31-24-44)66(10,11)41-64(5,6)7;/h12-24,26-39H,40-41H2,1-11H3;/q-1;. The Morgan fingerprint density at radius 1 is 0.437 bits per heavy atom. The van der Waals surface area contributed by atoms with E-state index in [1.807, 2.05) is 0 Å². The SMILES string of the molecule is Cc1ccc2c(c1)C1(c3ccccc3-c3ccccc31)c1cc(-c3ccc4cc(-c5nc(-c6ccc(C(C)(C)CC(C)(C)C)cc6)cc(-c6ccc(C(C)(C)CC(C)(C)C)cc6)n5)ccc4n3)[c-]cc1-2.[Ir]. The van der Waals surface area contributed by atoms with E-state index in [2.05, 4.69) is 246 Å². The van der Waals surface area contributed by atoms with E-state index in [1.54, 1.807) is 0 Å². The number of hydrogen-bond acceptors (Lipinski definition) is 3. The summed E-state index contributed by atoms with van der Waals surface area (Å²) in [7, 11) is 0. The molecule has 2 aliphatic rings. The van der Waals surface area contributed by atoms with Gasteiger partial charge in [0.05, 0.1) is 22.3 Å². The van der Waals surface area contributed by atoms with E-state index in [1.165, 1.54) is 61.2 Å². The monoisotopic (exact) mass is 1100 g/mol. The summed E-state index contributed by atoms with van der Waals surface area (Å²) in [6.45, 7) is 25.5. The summed E-state index contributed by atoms with van der Waals surface area (Å²) in [5, 5.41) is 1.03. The molecule has 357 valence electrons. The molecule has 11 rings (SSSR count). The summed E-state index contributed by atoms with van der Waals surface area (Å²) in [6, 6.07) is 64.2. The minimum absolute atomic E-state index is 0. The van der Waals surface area contributed by atoms with Crippen LogP contribution in [0, 0.1) is 23.8 Å². The van der Waals surface area contributed by atoms with Crippen LogP contribution in [0.25, 0.3) is 78.3 Å². The van der Waals surface area contributed by atoms with Gasteiger partial charge in [0, 0.05) is 36.8 Å². The molecule has 0 atom stereocenters. The summed E-state index contributed by atoms with van der Waals surface area (Å²) >= 11 is 0. The van der Waals surface area contributed by atoms with Crippen molar-refractivity contribution < 1.29 is 20.1 Å². The summed E-state index contributed by atoms with van der Waals surface area (Å²) in [6.07, 6.45) is 2.18. The van der Waals surface area contributed by atoms with Crippen LogP contribution in [-0.4, -0.2) is 15.0 Å². The van der Waals surface area contributed by atoms with E-state index < -0.39 is 5.41 Å². The van der Waals surface area contributed by atoms with Crippen LogP contribution in [0.1, 0.15) is 121 Å². The maximum Gasteiger partial charge on any atom is 0.160 e. The Hall–Kier alpha value is -6.32. The molecule has 0 fully saturated rings. The maximum absolute atomic E-state index is 5.33. The zero-order chi connectivity index (χ0) is 49.0. The van der Waals surface area contributed by atoms with E-state index in [9.17, 15) is 0 Å². The molecular formula is C67H64IrN3-. The summed E-state index contributed by atoms with van der Waals surface area (Å²) in [4.78, 5) is 15.9. The minimum Gasteiger partial charge on any atom is -0.296 e. The van der Waals surface area contributed by atoms with Gasteiger partial charge in [0.1, 0.15) is 0 Å². The molecule has 2 aromatic heterocycles. The van der Waals surface area contributed by atoms with Gasteiger partial charge in [-0.2, -0.15) is 0 Å². The Balaban J connectivity index is 0.00000582. The Labute approximate surface area is 435 Å². The average Bonchev–Trinajstić information content (AvgIpc) is 3.78. The van der Waals surface area contributed by atoms with Gasteiger partial charge in [-0.3, -0.25) is 4.98 Å². The molecule has 3 nitrogen and oxygen atoms in total. The van der Waals surface area contributed by atoms with Crippen molar-refractivity contribution in [1.29, 1.82) is 0 Å². The Bertz CT molecular complexity index is 3370. The molecule has 1 radical (unpaired) electrons. The number of aromatic nitrogens is 3. The van der Waals surface area contributed by atoms with Crippen molar-refractivity contribution >= 4 is 10.9 Å². The molecule has 71 heavy (non-hydrogen) atoms. The third kappa shape index (κ3) is 8.62. The summed E-state index contributed by atoms with van der Waals surface area (Å²) in [5.41, 5.74) is 22.1. The number of hydrogen-bond donors (Lipinski definition) is 0. The zero-order valence-corrected chi connectivity index (χ0v) is 45.6. The van der Waals surface area contributed by atoms with Gasteiger partial charge in [-0.15, -0.1) is 29.3 Å². The van der Waals surface area contributed by atoms with Gasteiger partial charge in [-0.1, -0.05) is 213 Å². The van der Waals surface area contributed by atoms with Gasteiger partial charge in [0.2, 0.25) is 0 Å². The molecule has 4 heteroatoms. The number of nitrogens with zero attached hydrogens (tertiary/aromatic N) is 3. The van der Waals surface area contributed by atoms with Crippen molar-refractivity contribution in [2.24, 2.45) is 10.8 Å². The van der Waals surface area contributed by atoms with Gasteiger partial charge in [-0.05, 0) is 116 Å². The fourth-order valence-corrected chi connectivity index (χ4v) is 12.7. The molecular weight excluding hydrogens is 1040 g/mol. The van der Waals surface area contributed by atoms with Gasteiger partial charge in [0.25, 0.3) is 0 Å². The molecule has 0 unspecified atom stereocenters. The molecule has 0 saturated heterocycles. The largest absolute Gasteiger partial charge is 0.296 e. The van der Waals surface area contributed by atoms with E-state index >= 15 is 0 Å². The van der Waals surface area contributed by atoms with Gasteiger partial charge in [0.15, 0.2) is 5.82 Å². The van der Waals surface area contributed by atoms with Crippen LogP contribution in [0.3, 0.4) is 0 Å². The molecule has 2 aliphatic carbocycles. The van der Waals surface area contributed by atoms with E-state index in [-0.39, 0.29) is 41.8 Å². The summed E-state index contributed by atoms with van der Waals surface area (Å²) < 4.78 is 0. The van der Waals surface area contributed by atoms with Crippen LogP contribution >= 0.6 is 0 Å². The van der Waals surface area contributed by atoms with E-state index in [0.29, 0.717) is 5.82 Å². The first-order valence-corrected chi connectivity index (χ1v) is 25.2. The third-order valence-corrected chi connectivity index (χ3v) is 15.0. The zero-order valence-electron chi connectivity index (χ0n) is 43.2. The molecule has 0 aliphatic heterocycles. The Morgan fingerprint density at radius 3 is 1.49 bits per heavy atom. The number of fused-ring (bicyclic) bond motifs is 11. The van der Waals surface area contributed by atoms with Crippen LogP contribution in [-0.2, 0) is 36.4 Å². The quantitative estimate of drug-likeness (QED) is 0.142. The molecule has 0 saturated carbocycles. The normalized spacial score (nSPS) is 13.7. The molecule has 2 heterocycles. The van der Waals surface area contributed by atoms with Crippen molar-refractivity contribution in [2.45, 2.75) is 105 Å². The average molecular weight is 1100 g/mol. The van der Waals surface area contributed by atoms with Crippen molar-refractivity contribution in [3.8, 4) is 67.4 Å². The third-order valence-electron chi connectivity index (χ3n) is 15.0. The van der Waals surface area contributed by atoms with Crippen LogP contribution < -0.4 is 0 Å². The molecule has 9 aromatic rings. The van der Waals surface area contributed by atoms with Gasteiger partial charge < -0.3 is 0 Å². The van der Waals surface area contributed by atoms with Crippen molar-refractivity contribution in [2.75, 3.05) is 0 Å². The van der Waals surface area contributed by atoms with E-state index in [0.717, 1.165) is 63.1 Å². The fourth-order valence-electron chi connectivity index (χ4n) is 12.7. The van der Waals surface area contributed by atoms with Crippen molar-refractivity contribution in [3.63, 3.8) is 0 Å². The Kier molecular flexibility index (Phi) is 11.9. The molecule has 1 spiro atoms. The Morgan fingerprint density at radius 2 is 0.944 bits per heavy atom. The van der Waals surface area contributed by atoms with Gasteiger partial charge >= 0.3 is 0 Å². The molecule has 7 aromatic carbocycles. The van der Waals surface area contributed by atoms with Crippen LogP contribution in [0.5, 0.6) is 0 Å². The predicted octanol–water partition coefficient (Wildman–Crippen LogP) is 17.6. The van der Waals surface area contributed by atoms with Crippen LogP contribution in [0.15, 0.2) is 164 Å². The smallest absolute Gasteiger partial charge is 0.160 e. The predicted molar refractivity (Wildman–Crippen MR) is 293 cm³/mol. The molecule has 0 N–H and O–H groups in total. The first kappa shape index (κ1) is 48.3. The number of benzene rings is 7. The van der Waals surface area contributed by atoms with Crippen molar-refractivity contribution in [1.82, 2.24) is 15.0 Å². The maximum atomic E-state index is 5.33. The van der Waals surface area contributed by atoms with Crippen LogP contribution in [0.2, 0.25) is 0 Å². The number of aryl methyl sites for hydroxylation is 1. The topological polar surface area (TPSA) is 38.7 Å².